The molecule has 0 radical (unpaired) electrons. The van der Waals surface area contributed by atoms with E-state index in [2.05, 4.69) is 10.2 Å². The number of hydrogen-bond donors (Lipinski definition) is 1. The van der Waals surface area contributed by atoms with Crippen LogP contribution in [-0.2, 0) is 6.42 Å². The first kappa shape index (κ1) is 10.7. The van der Waals surface area contributed by atoms with Gasteiger partial charge >= 0.3 is 0 Å². The number of hydrogen-bond acceptors (Lipinski definition) is 3. The molecule has 1 aromatic rings. The van der Waals surface area contributed by atoms with Crippen molar-refractivity contribution in [1.82, 2.24) is 10.2 Å². The van der Waals surface area contributed by atoms with Crippen LogP contribution in [0, 0.1) is 0 Å². The Hall–Kier alpha value is -0.380. The van der Waals surface area contributed by atoms with Gasteiger partial charge in [-0.2, -0.15) is 0 Å². The van der Waals surface area contributed by atoms with Gasteiger partial charge in [-0.05, 0) is 31.4 Å². The molecule has 0 aliphatic heterocycles. The van der Waals surface area contributed by atoms with Crippen molar-refractivity contribution in [1.29, 1.82) is 0 Å². The number of nitrogens with two attached hydrogens (primary N) is 1. The predicted octanol–water partition coefficient (Wildman–Crippen LogP) is 2.06. The molecule has 2 N–H and O–H groups in total. The predicted molar refractivity (Wildman–Crippen MR) is 54.0 cm³/mol. The zero-order valence-electron chi connectivity index (χ0n) is 7.30. The van der Waals surface area contributed by atoms with E-state index in [9.17, 15) is 0 Å². The van der Waals surface area contributed by atoms with Crippen LogP contribution < -0.4 is 5.73 Å². The summed E-state index contributed by atoms with van der Waals surface area (Å²) in [4.78, 5) is 0. The van der Waals surface area contributed by atoms with Crippen molar-refractivity contribution in [3.63, 3.8) is 0 Å². The van der Waals surface area contributed by atoms with E-state index in [1.807, 2.05) is 6.92 Å². The first-order valence-corrected chi connectivity index (χ1v) is 4.78. The number of nitrogens with zero attached hydrogens (tertiary/aromatic N) is 2. The van der Waals surface area contributed by atoms with Crippen molar-refractivity contribution in [3.05, 3.63) is 21.9 Å². The van der Waals surface area contributed by atoms with Crippen molar-refractivity contribution in [3.8, 4) is 0 Å². The van der Waals surface area contributed by atoms with Crippen molar-refractivity contribution in [2.45, 2.75) is 25.8 Å². The summed E-state index contributed by atoms with van der Waals surface area (Å²) in [5, 5.41) is 8.09. The highest BCUT2D eigenvalue weighted by atomic mass is 35.5. The lowest BCUT2D eigenvalue weighted by atomic mass is 10.1. The molecule has 0 saturated heterocycles. The van der Waals surface area contributed by atoms with Gasteiger partial charge in [-0.1, -0.05) is 23.2 Å². The maximum atomic E-state index is 5.81. The third-order valence-electron chi connectivity index (χ3n) is 1.66. The normalized spacial score (nSPS) is 12.9. The molecule has 1 rings (SSSR count). The summed E-state index contributed by atoms with van der Waals surface area (Å²) in [5.74, 6) is 0. The summed E-state index contributed by atoms with van der Waals surface area (Å²) in [6.45, 7) is 1.95. The van der Waals surface area contributed by atoms with Gasteiger partial charge in [-0.3, -0.25) is 0 Å². The lowest BCUT2D eigenvalue weighted by Crippen LogP contribution is -2.15. The number of aryl methyl sites for hydroxylation is 1. The van der Waals surface area contributed by atoms with Crippen LogP contribution >= 0.6 is 23.2 Å². The molecule has 0 spiro atoms. The zero-order chi connectivity index (χ0) is 9.84. The van der Waals surface area contributed by atoms with Gasteiger partial charge in [0.1, 0.15) is 0 Å². The van der Waals surface area contributed by atoms with E-state index in [0.29, 0.717) is 10.3 Å². The Bertz CT molecular complexity index is 289. The van der Waals surface area contributed by atoms with Gasteiger partial charge in [0.15, 0.2) is 10.3 Å². The first-order chi connectivity index (χ1) is 6.09. The molecule has 0 bridgehead atoms. The minimum Gasteiger partial charge on any atom is -0.328 e. The third kappa shape index (κ3) is 3.46. The van der Waals surface area contributed by atoms with Crippen LogP contribution in [0.1, 0.15) is 18.9 Å². The summed E-state index contributed by atoms with van der Waals surface area (Å²) in [7, 11) is 0. The highest BCUT2D eigenvalue weighted by molar-refractivity contribution is 6.31. The molecule has 3 nitrogen and oxygen atoms in total. The summed E-state index contributed by atoms with van der Waals surface area (Å²) >= 11 is 11.5. The van der Waals surface area contributed by atoms with Crippen molar-refractivity contribution in [2.75, 3.05) is 0 Å². The largest absolute Gasteiger partial charge is 0.328 e. The molecule has 1 atom stereocenters. The van der Waals surface area contributed by atoms with E-state index in [0.717, 1.165) is 18.4 Å². The van der Waals surface area contributed by atoms with Gasteiger partial charge < -0.3 is 5.73 Å². The van der Waals surface area contributed by atoms with E-state index in [4.69, 9.17) is 28.9 Å². The summed E-state index contributed by atoms with van der Waals surface area (Å²) in [6.07, 6.45) is 1.65. The zero-order valence-corrected chi connectivity index (χ0v) is 8.81. The van der Waals surface area contributed by atoms with Gasteiger partial charge in [-0.15, -0.1) is 10.2 Å². The molecule has 5 heteroatoms. The fraction of sp³-hybridized carbons (Fsp3) is 0.500. The van der Waals surface area contributed by atoms with Gasteiger partial charge in [0.05, 0.1) is 0 Å². The Kier molecular flexibility index (Phi) is 3.90. The van der Waals surface area contributed by atoms with E-state index in [1.165, 1.54) is 0 Å². The first-order valence-electron chi connectivity index (χ1n) is 4.03. The van der Waals surface area contributed by atoms with Gasteiger partial charge in [0.25, 0.3) is 0 Å². The molecule has 72 valence electrons. The molecule has 13 heavy (non-hydrogen) atoms. The summed E-state index contributed by atoms with van der Waals surface area (Å²) in [5.41, 5.74) is 6.52. The Morgan fingerprint density at radius 3 is 2.77 bits per heavy atom. The van der Waals surface area contributed by atoms with E-state index in [1.54, 1.807) is 6.07 Å². The maximum Gasteiger partial charge on any atom is 0.155 e. The second-order valence-corrected chi connectivity index (χ2v) is 3.74. The monoisotopic (exact) mass is 219 g/mol. The number of halogens is 2. The fourth-order valence-electron chi connectivity index (χ4n) is 0.947. The maximum absolute atomic E-state index is 5.81. The Morgan fingerprint density at radius 2 is 2.15 bits per heavy atom. The van der Waals surface area contributed by atoms with Crippen molar-refractivity contribution in [2.24, 2.45) is 5.73 Å². The van der Waals surface area contributed by atoms with Crippen LogP contribution in [0.5, 0.6) is 0 Å². The quantitative estimate of drug-likeness (QED) is 0.848. The number of rotatable bonds is 3. The molecule has 1 heterocycles. The van der Waals surface area contributed by atoms with Crippen LogP contribution in [-0.4, -0.2) is 16.2 Å². The molecule has 0 fully saturated rings. The van der Waals surface area contributed by atoms with Crippen LogP contribution in [0.15, 0.2) is 6.07 Å². The van der Waals surface area contributed by atoms with E-state index >= 15 is 0 Å². The van der Waals surface area contributed by atoms with E-state index < -0.39 is 0 Å². The van der Waals surface area contributed by atoms with Crippen LogP contribution in [0.4, 0.5) is 0 Å². The molecule has 0 amide bonds. The fourth-order valence-corrected chi connectivity index (χ4v) is 1.30. The molecular formula is C8H11Cl2N3. The topological polar surface area (TPSA) is 51.8 Å². The van der Waals surface area contributed by atoms with Crippen molar-refractivity contribution < 1.29 is 0 Å². The highest BCUT2D eigenvalue weighted by Crippen LogP contribution is 2.17. The van der Waals surface area contributed by atoms with Crippen LogP contribution in [0.25, 0.3) is 0 Å². The standard InChI is InChI=1S/C8H11Cl2N3/c1-5(11)2-3-6-4-7(9)12-13-8(6)10/h4-5H,2-3,11H2,1H3. The van der Waals surface area contributed by atoms with E-state index in [-0.39, 0.29) is 6.04 Å². The summed E-state index contributed by atoms with van der Waals surface area (Å²) in [6, 6.07) is 1.88. The molecule has 0 saturated carbocycles. The second kappa shape index (κ2) is 4.74. The third-order valence-corrected chi connectivity index (χ3v) is 2.16. The Balaban J connectivity index is 2.70. The van der Waals surface area contributed by atoms with Gasteiger partial charge in [-0.25, -0.2) is 0 Å². The van der Waals surface area contributed by atoms with Crippen LogP contribution in [0.2, 0.25) is 10.3 Å². The van der Waals surface area contributed by atoms with Gasteiger partial charge in [0, 0.05) is 6.04 Å². The SMILES string of the molecule is CC(N)CCc1cc(Cl)nnc1Cl. The van der Waals surface area contributed by atoms with Gasteiger partial charge in [0.2, 0.25) is 0 Å². The van der Waals surface area contributed by atoms with Crippen molar-refractivity contribution >= 4 is 23.2 Å². The minimum absolute atomic E-state index is 0.156. The lowest BCUT2D eigenvalue weighted by Gasteiger charge is -2.05. The second-order valence-electron chi connectivity index (χ2n) is 3.00. The molecule has 0 aliphatic rings. The average molecular weight is 220 g/mol. The molecule has 1 aromatic heterocycles. The Labute approximate surface area is 87.2 Å². The average Bonchev–Trinajstić information content (AvgIpc) is 2.06. The lowest BCUT2D eigenvalue weighted by molar-refractivity contribution is 0.664. The Morgan fingerprint density at radius 1 is 1.46 bits per heavy atom. The number of aromatic nitrogens is 2. The summed E-state index contributed by atoms with van der Waals surface area (Å²) < 4.78 is 0. The highest BCUT2D eigenvalue weighted by Gasteiger charge is 2.04. The van der Waals surface area contributed by atoms with Crippen LogP contribution in [0.3, 0.4) is 0 Å². The molecule has 0 aliphatic carbocycles. The molecule has 0 aromatic carbocycles. The minimum atomic E-state index is 0.156. The molecule has 1 unspecified atom stereocenters. The smallest absolute Gasteiger partial charge is 0.155 e. The molecular weight excluding hydrogens is 209 g/mol.